The van der Waals surface area contributed by atoms with Crippen molar-refractivity contribution in [3.63, 3.8) is 0 Å². The summed E-state index contributed by atoms with van der Waals surface area (Å²) in [5.41, 5.74) is 0.0133. The third kappa shape index (κ3) is 3.01. The van der Waals surface area contributed by atoms with Gasteiger partial charge in [-0.3, -0.25) is 4.68 Å². The normalized spacial score (nSPS) is 26.3. The molecule has 3 aliphatic rings. The summed E-state index contributed by atoms with van der Waals surface area (Å²) in [4.78, 5) is 30.7. The topological polar surface area (TPSA) is 100 Å². The Kier molecular flexibility index (Phi) is 4.53. The maximum Gasteiger partial charge on any atom is 0.329 e. The van der Waals surface area contributed by atoms with Gasteiger partial charge in [-0.05, 0) is 43.4 Å². The molecule has 2 aliphatic heterocycles. The van der Waals surface area contributed by atoms with Crippen molar-refractivity contribution in [3.05, 3.63) is 29.5 Å². The number of carbonyl (C=O) groups excluding carboxylic acids is 1. The first-order valence-corrected chi connectivity index (χ1v) is 9.67. The van der Waals surface area contributed by atoms with Gasteiger partial charge in [-0.15, -0.1) is 0 Å². The lowest BCUT2D eigenvalue weighted by Gasteiger charge is -2.54. The zero-order valence-electron chi connectivity index (χ0n) is 15.7. The standard InChI is InChI=1S/C19H22ClN5O3/c1-11-3-5-13-9-19(8-11,17(26)27)25(13)18(28)22-12-4-6-15(20)14(7-12)16-21-10-24(2)23-16/h4,6-7,10-11,13H,3,5,8-9H2,1-2H3,(H,22,28)(H,26,27). The molecule has 5 rings (SSSR count). The number of carboxylic acid groups (broad SMARTS) is 1. The van der Waals surface area contributed by atoms with Gasteiger partial charge in [0.2, 0.25) is 0 Å². The Morgan fingerprint density at radius 2 is 2.11 bits per heavy atom. The molecule has 0 spiro atoms. The van der Waals surface area contributed by atoms with Gasteiger partial charge in [0.15, 0.2) is 5.82 Å². The number of hydrogen-bond donors (Lipinski definition) is 2. The highest BCUT2D eigenvalue weighted by molar-refractivity contribution is 6.33. The molecule has 28 heavy (non-hydrogen) atoms. The Balaban J connectivity index is 1.59. The third-order valence-electron chi connectivity index (χ3n) is 5.75. The van der Waals surface area contributed by atoms with E-state index in [0.29, 0.717) is 34.9 Å². The van der Waals surface area contributed by atoms with E-state index in [1.165, 1.54) is 4.90 Å². The fourth-order valence-electron chi connectivity index (χ4n) is 4.44. The Morgan fingerprint density at radius 1 is 1.32 bits per heavy atom. The van der Waals surface area contributed by atoms with Crippen LogP contribution in [0.5, 0.6) is 0 Å². The highest BCUT2D eigenvalue weighted by atomic mass is 35.5. The number of carbonyl (C=O) groups is 2. The van der Waals surface area contributed by atoms with E-state index in [-0.39, 0.29) is 12.0 Å². The van der Waals surface area contributed by atoms with Crippen LogP contribution in [-0.2, 0) is 11.8 Å². The average Bonchev–Trinajstić information content (AvgIpc) is 2.88. The highest BCUT2D eigenvalue weighted by Crippen LogP contribution is 2.48. The minimum absolute atomic E-state index is 0.0368. The van der Waals surface area contributed by atoms with Crippen LogP contribution in [0.3, 0.4) is 0 Å². The SMILES string of the molecule is CC1CCC2CC(C(=O)O)(C1)N2C(=O)Nc1ccc(Cl)c(-c2ncn(C)n2)c1. The fraction of sp³-hybridized carbons (Fsp3) is 0.474. The Hall–Kier alpha value is -2.61. The molecule has 148 valence electrons. The minimum atomic E-state index is -1.11. The summed E-state index contributed by atoms with van der Waals surface area (Å²) < 4.78 is 1.57. The molecule has 3 atom stereocenters. The molecule has 1 aliphatic carbocycles. The summed E-state index contributed by atoms with van der Waals surface area (Å²) in [6.07, 6.45) is 4.33. The van der Waals surface area contributed by atoms with Crippen LogP contribution in [0.25, 0.3) is 11.4 Å². The third-order valence-corrected chi connectivity index (χ3v) is 6.08. The molecule has 3 unspecified atom stereocenters. The summed E-state index contributed by atoms with van der Waals surface area (Å²) in [7, 11) is 1.76. The monoisotopic (exact) mass is 403 g/mol. The molecule has 3 fully saturated rings. The van der Waals surface area contributed by atoms with Crippen molar-refractivity contribution >= 4 is 29.3 Å². The van der Waals surface area contributed by atoms with Gasteiger partial charge in [-0.2, -0.15) is 5.10 Å². The number of halogens is 1. The van der Waals surface area contributed by atoms with Crippen LogP contribution in [-0.4, -0.2) is 48.4 Å². The quantitative estimate of drug-likeness (QED) is 0.818. The highest BCUT2D eigenvalue weighted by Gasteiger charge is 2.61. The first-order chi connectivity index (χ1) is 13.3. The molecule has 0 radical (unpaired) electrons. The molecule has 2 bridgehead atoms. The molecule has 2 aromatic rings. The van der Waals surface area contributed by atoms with Crippen LogP contribution in [0.15, 0.2) is 24.5 Å². The number of nitrogens with one attached hydrogen (secondary N) is 1. The number of aromatic nitrogens is 3. The van der Waals surface area contributed by atoms with Crippen molar-refractivity contribution in [2.45, 2.75) is 44.2 Å². The van der Waals surface area contributed by atoms with E-state index in [0.717, 1.165) is 12.8 Å². The van der Waals surface area contributed by atoms with E-state index in [1.54, 1.807) is 36.3 Å². The second-order valence-electron chi connectivity index (χ2n) is 7.82. The van der Waals surface area contributed by atoms with E-state index in [9.17, 15) is 14.7 Å². The predicted molar refractivity (Wildman–Crippen MR) is 104 cm³/mol. The molecule has 8 nitrogen and oxygen atoms in total. The molecular weight excluding hydrogens is 382 g/mol. The second kappa shape index (κ2) is 6.77. The molecule has 1 aromatic heterocycles. The van der Waals surface area contributed by atoms with Gasteiger partial charge in [-0.1, -0.05) is 18.5 Å². The first kappa shape index (κ1) is 18.7. The van der Waals surface area contributed by atoms with Gasteiger partial charge >= 0.3 is 12.0 Å². The van der Waals surface area contributed by atoms with Crippen LogP contribution in [0.4, 0.5) is 10.5 Å². The second-order valence-corrected chi connectivity index (χ2v) is 8.23. The number of fused-ring (bicyclic) bond motifs is 3. The van der Waals surface area contributed by atoms with E-state index in [2.05, 4.69) is 15.4 Å². The van der Waals surface area contributed by atoms with Crippen molar-refractivity contribution in [2.24, 2.45) is 13.0 Å². The molecule has 9 heteroatoms. The number of aryl methyl sites for hydroxylation is 1. The molecule has 2 N–H and O–H groups in total. The Morgan fingerprint density at radius 3 is 2.79 bits per heavy atom. The predicted octanol–water partition coefficient (Wildman–Crippen LogP) is 3.39. The van der Waals surface area contributed by atoms with Gasteiger partial charge in [0, 0.05) is 30.8 Å². The van der Waals surface area contributed by atoms with E-state index >= 15 is 0 Å². The van der Waals surface area contributed by atoms with Crippen molar-refractivity contribution in [2.75, 3.05) is 5.32 Å². The summed E-state index contributed by atoms with van der Waals surface area (Å²) in [6, 6.07) is 4.63. The van der Waals surface area contributed by atoms with Crippen molar-refractivity contribution in [1.82, 2.24) is 19.7 Å². The van der Waals surface area contributed by atoms with Crippen molar-refractivity contribution in [3.8, 4) is 11.4 Å². The van der Waals surface area contributed by atoms with Gasteiger partial charge in [0.1, 0.15) is 11.9 Å². The maximum atomic E-state index is 13.0. The average molecular weight is 404 g/mol. The Labute approximate surface area is 167 Å². The molecule has 2 saturated heterocycles. The molecule has 1 aromatic carbocycles. The van der Waals surface area contributed by atoms with E-state index < -0.39 is 17.5 Å². The number of carboxylic acids is 1. The fourth-order valence-corrected chi connectivity index (χ4v) is 4.65. The number of amides is 2. The zero-order valence-corrected chi connectivity index (χ0v) is 16.5. The van der Waals surface area contributed by atoms with Crippen LogP contribution in [0.1, 0.15) is 32.6 Å². The van der Waals surface area contributed by atoms with Crippen molar-refractivity contribution < 1.29 is 14.7 Å². The zero-order chi connectivity index (χ0) is 20.1. The van der Waals surface area contributed by atoms with Crippen LogP contribution < -0.4 is 5.32 Å². The number of anilines is 1. The molecule has 3 heterocycles. The van der Waals surface area contributed by atoms with Crippen LogP contribution in [0, 0.1) is 5.92 Å². The maximum absolute atomic E-state index is 13.0. The van der Waals surface area contributed by atoms with E-state index in [1.807, 2.05) is 6.92 Å². The van der Waals surface area contributed by atoms with Gasteiger partial charge in [0.05, 0.1) is 5.02 Å². The number of rotatable bonds is 3. The molecule has 2 amide bonds. The molecule has 1 saturated carbocycles. The number of hydrogen-bond acceptors (Lipinski definition) is 4. The lowest BCUT2D eigenvalue weighted by atomic mass is 9.76. The lowest BCUT2D eigenvalue weighted by Crippen LogP contribution is -2.71. The smallest absolute Gasteiger partial charge is 0.329 e. The first-order valence-electron chi connectivity index (χ1n) is 9.29. The van der Waals surface area contributed by atoms with Crippen LogP contribution >= 0.6 is 11.6 Å². The summed E-state index contributed by atoms with van der Waals surface area (Å²) in [6.45, 7) is 2.05. The minimum Gasteiger partial charge on any atom is -0.479 e. The number of nitrogens with zero attached hydrogens (tertiary/aromatic N) is 4. The van der Waals surface area contributed by atoms with Crippen molar-refractivity contribution in [1.29, 1.82) is 0 Å². The van der Waals surface area contributed by atoms with E-state index in [4.69, 9.17) is 11.6 Å². The number of aliphatic carboxylic acids is 1. The summed E-state index contributed by atoms with van der Waals surface area (Å²) in [5, 5.41) is 17.4. The number of benzene rings is 1. The van der Waals surface area contributed by atoms with Gasteiger partial charge in [0.25, 0.3) is 0 Å². The number of urea groups is 1. The molecular formula is C19H22ClN5O3. The Bertz CT molecular complexity index is 945. The summed E-state index contributed by atoms with van der Waals surface area (Å²) in [5.74, 6) is -0.199. The summed E-state index contributed by atoms with van der Waals surface area (Å²) >= 11 is 6.27. The van der Waals surface area contributed by atoms with Gasteiger partial charge in [-0.25, -0.2) is 14.6 Å². The largest absolute Gasteiger partial charge is 0.479 e. The van der Waals surface area contributed by atoms with Gasteiger partial charge < -0.3 is 15.3 Å². The lowest BCUT2D eigenvalue weighted by molar-refractivity contribution is -0.162. The van der Waals surface area contributed by atoms with Crippen LogP contribution in [0.2, 0.25) is 5.02 Å².